The summed E-state index contributed by atoms with van der Waals surface area (Å²) in [7, 11) is 0. The van der Waals surface area contributed by atoms with E-state index in [4.69, 9.17) is 0 Å². The van der Waals surface area contributed by atoms with Gasteiger partial charge < -0.3 is 4.90 Å². The normalized spacial score (nSPS) is 11.0. The van der Waals surface area contributed by atoms with E-state index in [9.17, 15) is 0 Å². The van der Waals surface area contributed by atoms with Gasteiger partial charge >= 0.3 is 0 Å². The SMILES string of the molecule is BrCc1ccc(CBr)c(/C=C/c2ccc(N(c3ccccc3)c3ccccc3)cc2)c1. The van der Waals surface area contributed by atoms with Crippen LogP contribution in [-0.4, -0.2) is 0 Å². The Morgan fingerprint density at radius 1 is 0.581 bits per heavy atom. The summed E-state index contributed by atoms with van der Waals surface area (Å²) in [5.41, 5.74) is 8.41. The highest BCUT2D eigenvalue weighted by molar-refractivity contribution is 9.08. The van der Waals surface area contributed by atoms with Gasteiger partial charge in [0.2, 0.25) is 0 Å². The third kappa shape index (κ3) is 5.36. The standard InChI is InChI=1S/C28H23Br2N/c29-20-23-12-16-25(21-30)24(19-23)15-11-22-13-17-28(18-14-22)31(26-7-3-1-4-8-26)27-9-5-2-6-10-27/h1-19H,20-21H2/b15-11+. The van der Waals surface area contributed by atoms with Gasteiger partial charge in [-0.3, -0.25) is 0 Å². The lowest BCUT2D eigenvalue weighted by molar-refractivity contribution is 1.28. The maximum Gasteiger partial charge on any atom is 0.0462 e. The molecule has 0 N–H and O–H groups in total. The Balaban J connectivity index is 1.63. The second-order valence-electron chi connectivity index (χ2n) is 7.23. The van der Waals surface area contributed by atoms with Gasteiger partial charge in [0.1, 0.15) is 0 Å². The molecule has 4 aromatic carbocycles. The van der Waals surface area contributed by atoms with Crippen LogP contribution in [0.5, 0.6) is 0 Å². The quantitative estimate of drug-likeness (QED) is 0.169. The molecule has 0 saturated heterocycles. The van der Waals surface area contributed by atoms with Crippen molar-refractivity contribution in [3.05, 3.63) is 125 Å². The van der Waals surface area contributed by atoms with Gasteiger partial charge in [0, 0.05) is 27.7 Å². The minimum absolute atomic E-state index is 0.845. The molecule has 31 heavy (non-hydrogen) atoms. The number of nitrogens with zero attached hydrogens (tertiary/aromatic N) is 1. The summed E-state index contributed by atoms with van der Waals surface area (Å²) in [5.74, 6) is 0. The molecule has 0 unspecified atom stereocenters. The largest absolute Gasteiger partial charge is 0.311 e. The molecule has 0 aliphatic heterocycles. The first-order chi connectivity index (χ1) is 15.3. The fourth-order valence-electron chi connectivity index (χ4n) is 3.53. The van der Waals surface area contributed by atoms with Gasteiger partial charge in [-0.05, 0) is 58.7 Å². The molecular weight excluding hydrogens is 510 g/mol. The lowest BCUT2D eigenvalue weighted by atomic mass is 10.0. The van der Waals surface area contributed by atoms with Gasteiger partial charge in [-0.1, -0.05) is 111 Å². The summed E-state index contributed by atoms with van der Waals surface area (Å²) in [6.07, 6.45) is 4.38. The van der Waals surface area contributed by atoms with Crippen LogP contribution in [0.25, 0.3) is 12.2 Å². The van der Waals surface area contributed by atoms with Crippen LogP contribution >= 0.6 is 31.9 Å². The lowest BCUT2D eigenvalue weighted by Crippen LogP contribution is -2.09. The smallest absolute Gasteiger partial charge is 0.0462 e. The van der Waals surface area contributed by atoms with E-state index in [1.54, 1.807) is 0 Å². The molecule has 0 heterocycles. The summed E-state index contributed by atoms with van der Waals surface area (Å²) in [5, 5.41) is 1.71. The van der Waals surface area contributed by atoms with Crippen molar-refractivity contribution in [1.82, 2.24) is 0 Å². The summed E-state index contributed by atoms with van der Waals surface area (Å²) < 4.78 is 0. The van der Waals surface area contributed by atoms with E-state index in [1.165, 1.54) is 22.3 Å². The van der Waals surface area contributed by atoms with E-state index < -0.39 is 0 Å². The van der Waals surface area contributed by atoms with Crippen LogP contribution < -0.4 is 4.90 Å². The molecule has 0 aliphatic carbocycles. The van der Waals surface area contributed by atoms with Crippen LogP contribution in [0, 0.1) is 0 Å². The number of rotatable bonds is 7. The van der Waals surface area contributed by atoms with Gasteiger partial charge in [0.15, 0.2) is 0 Å². The number of para-hydroxylation sites is 2. The number of hydrogen-bond donors (Lipinski definition) is 0. The maximum atomic E-state index is 3.60. The molecule has 0 fully saturated rings. The van der Waals surface area contributed by atoms with Crippen molar-refractivity contribution in [2.45, 2.75) is 10.7 Å². The average molecular weight is 533 g/mol. The predicted octanol–water partition coefficient (Wildman–Crippen LogP) is 9.12. The summed E-state index contributed by atoms with van der Waals surface area (Å²) in [4.78, 5) is 2.27. The van der Waals surface area contributed by atoms with Crippen LogP contribution in [0.3, 0.4) is 0 Å². The third-order valence-corrected chi connectivity index (χ3v) is 6.40. The summed E-state index contributed by atoms with van der Waals surface area (Å²) in [6.45, 7) is 0. The fraction of sp³-hybridized carbons (Fsp3) is 0.0714. The average Bonchev–Trinajstić information content (AvgIpc) is 2.85. The van der Waals surface area contributed by atoms with Crippen LogP contribution in [0.2, 0.25) is 0 Å². The monoisotopic (exact) mass is 531 g/mol. The molecule has 4 aromatic rings. The van der Waals surface area contributed by atoms with Crippen molar-refractivity contribution < 1.29 is 0 Å². The molecule has 0 saturated carbocycles. The molecule has 0 amide bonds. The topological polar surface area (TPSA) is 3.24 Å². The van der Waals surface area contributed by atoms with E-state index in [0.29, 0.717) is 0 Å². The Hall–Kier alpha value is -2.62. The molecule has 0 aliphatic rings. The second kappa shape index (κ2) is 10.6. The predicted molar refractivity (Wildman–Crippen MR) is 142 cm³/mol. The van der Waals surface area contributed by atoms with Gasteiger partial charge in [-0.25, -0.2) is 0 Å². The number of anilines is 3. The number of benzene rings is 4. The van der Waals surface area contributed by atoms with Crippen molar-refractivity contribution in [2.75, 3.05) is 4.90 Å². The van der Waals surface area contributed by atoms with Crippen molar-refractivity contribution in [3.8, 4) is 0 Å². The molecular formula is C28H23Br2N. The summed E-state index contributed by atoms with van der Waals surface area (Å²) >= 11 is 7.15. The maximum absolute atomic E-state index is 3.60. The highest BCUT2D eigenvalue weighted by Gasteiger charge is 2.11. The highest BCUT2D eigenvalue weighted by Crippen LogP contribution is 2.34. The Labute approximate surface area is 201 Å². The molecule has 154 valence electrons. The van der Waals surface area contributed by atoms with E-state index in [0.717, 1.165) is 27.7 Å². The number of halogens is 2. The molecule has 0 spiro atoms. The Morgan fingerprint density at radius 3 is 1.71 bits per heavy atom. The molecule has 0 radical (unpaired) electrons. The first-order valence-electron chi connectivity index (χ1n) is 10.2. The van der Waals surface area contributed by atoms with Gasteiger partial charge in [0.25, 0.3) is 0 Å². The lowest BCUT2D eigenvalue weighted by Gasteiger charge is -2.25. The van der Waals surface area contributed by atoms with Crippen molar-refractivity contribution >= 4 is 61.1 Å². The second-order valence-corrected chi connectivity index (χ2v) is 8.35. The molecule has 1 nitrogen and oxygen atoms in total. The zero-order valence-electron chi connectivity index (χ0n) is 17.1. The van der Waals surface area contributed by atoms with E-state index in [1.807, 2.05) is 12.1 Å². The Bertz CT molecular complexity index is 1100. The number of alkyl halides is 2. The minimum atomic E-state index is 0.845. The number of hydrogen-bond acceptors (Lipinski definition) is 1. The van der Waals surface area contributed by atoms with Crippen LogP contribution in [0.4, 0.5) is 17.1 Å². The Kier molecular flexibility index (Phi) is 7.39. The van der Waals surface area contributed by atoms with Crippen molar-refractivity contribution in [1.29, 1.82) is 0 Å². The summed E-state index contributed by atoms with van der Waals surface area (Å²) in [6, 6.07) is 36.2. The molecule has 0 aromatic heterocycles. The minimum Gasteiger partial charge on any atom is -0.311 e. The van der Waals surface area contributed by atoms with E-state index in [2.05, 4.69) is 140 Å². The highest BCUT2D eigenvalue weighted by atomic mass is 79.9. The first kappa shape index (κ1) is 21.6. The van der Waals surface area contributed by atoms with Crippen LogP contribution in [0.1, 0.15) is 22.3 Å². The van der Waals surface area contributed by atoms with E-state index >= 15 is 0 Å². The van der Waals surface area contributed by atoms with E-state index in [-0.39, 0.29) is 0 Å². The van der Waals surface area contributed by atoms with Gasteiger partial charge in [-0.15, -0.1) is 0 Å². The molecule has 4 rings (SSSR count). The molecule has 3 heteroatoms. The van der Waals surface area contributed by atoms with Crippen molar-refractivity contribution in [3.63, 3.8) is 0 Å². The molecule has 0 bridgehead atoms. The zero-order valence-corrected chi connectivity index (χ0v) is 20.3. The fourth-order valence-corrected chi connectivity index (χ4v) is 4.39. The Morgan fingerprint density at radius 2 is 1.16 bits per heavy atom. The zero-order chi connectivity index (χ0) is 21.5. The van der Waals surface area contributed by atoms with Gasteiger partial charge in [0.05, 0.1) is 0 Å². The third-order valence-electron chi connectivity index (χ3n) is 5.14. The van der Waals surface area contributed by atoms with Crippen LogP contribution in [-0.2, 0) is 10.7 Å². The van der Waals surface area contributed by atoms with Gasteiger partial charge in [-0.2, -0.15) is 0 Å². The van der Waals surface area contributed by atoms with Crippen molar-refractivity contribution in [2.24, 2.45) is 0 Å². The molecule has 0 atom stereocenters. The first-order valence-corrected chi connectivity index (χ1v) is 12.4. The van der Waals surface area contributed by atoms with Crippen LogP contribution in [0.15, 0.2) is 103 Å².